The third kappa shape index (κ3) is 1.60. The van der Waals surface area contributed by atoms with Gasteiger partial charge in [0.1, 0.15) is 5.65 Å². The first kappa shape index (κ1) is 10.0. The SMILES string of the molecule is Cc1cccc(-c2ccnc3[nH]cc(F)c23)c1. The van der Waals surface area contributed by atoms with Crippen molar-refractivity contribution in [2.45, 2.75) is 6.92 Å². The van der Waals surface area contributed by atoms with Crippen molar-refractivity contribution in [2.75, 3.05) is 0 Å². The lowest BCUT2D eigenvalue weighted by Crippen LogP contribution is -1.84. The van der Waals surface area contributed by atoms with E-state index >= 15 is 0 Å². The molecule has 0 saturated heterocycles. The van der Waals surface area contributed by atoms with Crippen molar-refractivity contribution in [3.05, 3.63) is 54.1 Å². The van der Waals surface area contributed by atoms with E-state index in [0.29, 0.717) is 11.0 Å². The molecule has 0 aliphatic rings. The molecule has 0 aliphatic carbocycles. The number of hydrogen-bond donors (Lipinski definition) is 1. The molecule has 0 atom stereocenters. The van der Waals surface area contributed by atoms with E-state index in [4.69, 9.17) is 0 Å². The number of aromatic nitrogens is 2. The van der Waals surface area contributed by atoms with Crippen LogP contribution in [0.2, 0.25) is 0 Å². The minimum absolute atomic E-state index is 0.260. The van der Waals surface area contributed by atoms with E-state index in [2.05, 4.69) is 9.97 Å². The van der Waals surface area contributed by atoms with Crippen LogP contribution in [0.5, 0.6) is 0 Å². The van der Waals surface area contributed by atoms with Crippen LogP contribution in [-0.2, 0) is 0 Å². The molecular weight excluding hydrogens is 215 g/mol. The van der Waals surface area contributed by atoms with Crippen LogP contribution in [0.25, 0.3) is 22.2 Å². The van der Waals surface area contributed by atoms with Crippen LogP contribution < -0.4 is 0 Å². The monoisotopic (exact) mass is 226 g/mol. The maximum absolute atomic E-state index is 13.7. The molecule has 0 saturated carbocycles. The smallest absolute Gasteiger partial charge is 0.150 e. The Labute approximate surface area is 98.1 Å². The highest BCUT2D eigenvalue weighted by atomic mass is 19.1. The van der Waals surface area contributed by atoms with Gasteiger partial charge in [0.2, 0.25) is 0 Å². The molecule has 1 N–H and O–H groups in total. The molecule has 0 aliphatic heterocycles. The van der Waals surface area contributed by atoms with Gasteiger partial charge in [-0.15, -0.1) is 0 Å². The van der Waals surface area contributed by atoms with Crippen molar-refractivity contribution >= 4 is 11.0 Å². The molecule has 0 unspecified atom stereocenters. The molecule has 0 fully saturated rings. The zero-order chi connectivity index (χ0) is 11.8. The minimum Gasteiger partial charge on any atom is -0.343 e. The molecule has 84 valence electrons. The van der Waals surface area contributed by atoms with Gasteiger partial charge in [-0.1, -0.05) is 29.8 Å². The van der Waals surface area contributed by atoms with E-state index in [1.54, 1.807) is 6.20 Å². The third-order valence-corrected chi connectivity index (χ3v) is 2.85. The Morgan fingerprint density at radius 1 is 1.24 bits per heavy atom. The van der Waals surface area contributed by atoms with Crippen molar-refractivity contribution < 1.29 is 4.39 Å². The molecule has 2 aromatic heterocycles. The van der Waals surface area contributed by atoms with Crippen molar-refractivity contribution in [1.29, 1.82) is 0 Å². The van der Waals surface area contributed by atoms with Gasteiger partial charge >= 0.3 is 0 Å². The normalized spacial score (nSPS) is 10.9. The fourth-order valence-electron chi connectivity index (χ4n) is 2.07. The quantitative estimate of drug-likeness (QED) is 0.673. The number of aromatic amines is 1. The molecule has 1 aromatic carbocycles. The van der Waals surface area contributed by atoms with Crippen molar-refractivity contribution in [1.82, 2.24) is 9.97 Å². The summed E-state index contributed by atoms with van der Waals surface area (Å²) in [5.74, 6) is -0.260. The summed E-state index contributed by atoms with van der Waals surface area (Å²) < 4.78 is 13.7. The zero-order valence-electron chi connectivity index (χ0n) is 9.37. The second-order valence-corrected chi connectivity index (χ2v) is 4.09. The molecule has 2 heterocycles. The van der Waals surface area contributed by atoms with Crippen LogP contribution in [0, 0.1) is 12.7 Å². The fourth-order valence-corrected chi connectivity index (χ4v) is 2.07. The molecule has 3 aromatic rings. The number of nitrogens with one attached hydrogen (secondary N) is 1. The number of halogens is 1. The van der Waals surface area contributed by atoms with Crippen molar-refractivity contribution in [3.8, 4) is 11.1 Å². The van der Waals surface area contributed by atoms with E-state index in [0.717, 1.165) is 16.7 Å². The van der Waals surface area contributed by atoms with Crippen molar-refractivity contribution in [3.63, 3.8) is 0 Å². The first-order chi connectivity index (χ1) is 8.25. The van der Waals surface area contributed by atoms with Gasteiger partial charge in [0.25, 0.3) is 0 Å². The van der Waals surface area contributed by atoms with Gasteiger partial charge in [0.15, 0.2) is 5.82 Å². The molecule has 0 radical (unpaired) electrons. The summed E-state index contributed by atoms with van der Waals surface area (Å²) in [6.45, 7) is 2.02. The van der Waals surface area contributed by atoms with Crippen molar-refractivity contribution in [2.24, 2.45) is 0 Å². The molecule has 2 nitrogen and oxygen atoms in total. The minimum atomic E-state index is -0.260. The molecule has 3 heteroatoms. The summed E-state index contributed by atoms with van der Waals surface area (Å²) in [5.41, 5.74) is 3.62. The van der Waals surface area contributed by atoms with E-state index in [1.807, 2.05) is 37.3 Å². The van der Waals surface area contributed by atoms with Gasteiger partial charge < -0.3 is 4.98 Å². The Hall–Kier alpha value is -2.16. The predicted octanol–water partition coefficient (Wildman–Crippen LogP) is 3.68. The van der Waals surface area contributed by atoms with Gasteiger partial charge in [0.05, 0.1) is 5.39 Å². The highest BCUT2D eigenvalue weighted by molar-refractivity contribution is 5.93. The summed E-state index contributed by atoms with van der Waals surface area (Å²) in [4.78, 5) is 6.94. The highest BCUT2D eigenvalue weighted by Gasteiger charge is 2.10. The van der Waals surface area contributed by atoms with Gasteiger partial charge in [0, 0.05) is 12.4 Å². The van der Waals surface area contributed by atoms with E-state index < -0.39 is 0 Å². The molecule has 17 heavy (non-hydrogen) atoms. The number of hydrogen-bond acceptors (Lipinski definition) is 1. The average molecular weight is 226 g/mol. The number of rotatable bonds is 1. The highest BCUT2D eigenvalue weighted by Crippen LogP contribution is 2.29. The Morgan fingerprint density at radius 2 is 2.12 bits per heavy atom. The van der Waals surface area contributed by atoms with Crippen LogP contribution in [0.1, 0.15) is 5.56 Å². The second kappa shape index (κ2) is 3.70. The largest absolute Gasteiger partial charge is 0.343 e. The maximum Gasteiger partial charge on any atom is 0.150 e. The third-order valence-electron chi connectivity index (χ3n) is 2.85. The van der Waals surface area contributed by atoms with Crippen LogP contribution >= 0.6 is 0 Å². The predicted molar refractivity (Wildman–Crippen MR) is 66.2 cm³/mol. The summed E-state index contributed by atoms with van der Waals surface area (Å²) in [6, 6.07) is 9.86. The van der Waals surface area contributed by atoms with Gasteiger partial charge in [-0.05, 0) is 24.1 Å². The first-order valence-electron chi connectivity index (χ1n) is 5.44. The Morgan fingerprint density at radius 3 is 2.94 bits per heavy atom. The average Bonchev–Trinajstić information content (AvgIpc) is 2.71. The van der Waals surface area contributed by atoms with Crippen LogP contribution in [0.15, 0.2) is 42.7 Å². The van der Waals surface area contributed by atoms with Crippen LogP contribution in [0.3, 0.4) is 0 Å². The number of nitrogens with zero attached hydrogens (tertiary/aromatic N) is 1. The number of H-pyrrole nitrogens is 1. The fraction of sp³-hybridized carbons (Fsp3) is 0.0714. The molecule has 0 amide bonds. The number of fused-ring (bicyclic) bond motifs is 1. The number of pyridine rings is 1. The molecule has 3 rings (SSSR count). The summed E-state index contributed by atoms with van der Waals surface area (Å²) >= 11 is 0. The number of aryl methyl sites for hydroxylation is 1. The summed E-state index contributed by atoms with van der Waals surface area (Å²) in [5, 5.41) is 0.554. The van der Waals surface area contributed by atoms with E-state index in [1.165, 1.54) is 6.20 Å². The maximum atomic E-state index is 13.7. The Balaban J connectivity index is 2.33. The summed E-state index contributed by atoms with van der Waals surface area (Å²) in [7, 11) is 0. The second-order valence-electron chi connectivity index (χ2n) is 4.09. The lowest BCUT2D eigenvalue weighted by atomic mass is 10.0. The lowest BCUT2D eigenvalue weighted by molar-refractivity contribution is 0.639. The Kier molecular flexibility index (Phi) is 2.18. The molecule has 0 bridgehead atoms. The first-order valence-corrected chi connectivity index (χ1v) is 5.44. The van der Waals surface area contributed by atoms with E-state index in [9.17, 15) is 4.39 Å². The molecule has 0 spiro atoms. The van der Waals surface area contributed by atoms with E-state index in [-0.39, 0.29) is 5.82 Å². The number of benzene rings is 1. The standard InChI is InChI=1S/C14H11FN2/c1-9-3-2-4-10(7-9)11-5-6-16-14-13(11)12(15)8-17-14/h2-8H,1H3,(H,16,17). The van der Waals surface area contributed by atoms with Gasteiger partial charge in [-0.2, -0.15) is 0 Å². The zero-order valence-corrected chi connectivity index (χ0v) is 9.37. The van der Waals surface area contributed by atoms with Crippen LogP contribution in [0.4, 0.5) is 4.39 Å². The molecular formula is C14H11FN2. The van der Waals surface area contributed by atoms with Gasteiger partial charge in [-0.25, -0.2) is 9.37 Å². The lowest BCUT2D eigenvalue weighted by Gasteiger charge is -2.04. The Bertz CT molecular complexity index is 686. The topological polar surface area (TPSA) is 28.7 Å². The summed E-state index contributed by atoms with van der Waals surface area (Å²) in [6.07, 6.45) is 3.03. The van der Waals surface area contributed by atoms with Crippen LogP contribution in [-0.4, -0.2) is 9.97 Å². The van der Waals surface area contributed by atoms with Gasteiger partial charge in [-0.3, -0.25) is 0 Å².